The van der Waals surface area contributed by atoms with Crippen molar-refractivity contribution in [2.45, 2.75) is 38.5 Å². The van der Waals surface area contributed by atoms with Crippen molar-refractivity contribution >= 4 is 11.8 Å². The number of likely N-dealkylation sites (tertiary alicyclic amines) is 1. The summed E-state index contributed by atoms with van der Waals surface area (Å²) in [5, 5.41) is 3.30. The van der Waals surface area contributed by atoms with Crippen molar-refractivity contribution < 1.29 is 9.53 Å². The molecule has 212 valence electrons. The molecule has 8 heteroatoms. The van der Waals surface area contributed by atoms with Crippen LogP contribution < -0.4 is 16.6 Å². The maximum atomic E-state index is 13.7. The molecule has 41 heavy (non-hydrogen) atoms. The van der Waals surface area contributed by atoms with Gasteiger partial charge in [0, 0.05) is 12.6 Å². The molecular formula is C33H36N4O4. The van der Waals surface area contributed by atoms with Crippen LogP contribution in [0, 0.1) is 0 Å². The predicted octanol–water partition coefficient (Wildman–Crippen LogP) is 4.23. The van der Waals surface area contributed by atoms with Gasteiger partial charge < -0.3 is 10.1 Å². The van der Waals surface area contributed by atoms with E-state index in [-0.39, 0.29) is 25.2 Å². The molecule has 4 aromatic rings. The summed E-state index contributed by atoms with van der Waals surface area (Å²) in [5.74, 6) is 0.00179. The summed E-state index contributed by atoms with van der Waals surface area (Å²) in [6.07, 6.45) is 2.95. The summed E-state index contributed by atoms with van der Waals surface area (Å²) in [6.45, 7) is 3.20. The Bertz CT molecular complexity index is 1530. The van der Waals surface area contributed by atoms with E-state index >= 15 is 0 Å². The zero-order chi connectivity index (χ0) is 28.4. The fourth-order valence-corrected chi connectivity index (χ4v) is 5.18. The van der Waals surface area contributed by atoms with Crippen LogP contribution in [-0.2, 0) is 17.8 Å². The molecule has 1 fully saturated rings. The number of ether oxygens (including phenoxy) is 1. The number of hydrogen-bond acceptors (Lipinski definition) is 6. The first-order valence-corrected chi connectivity index (χ1v) is 14.2. The lowest BCUT2D eigenvalue weighted by atomic mass is 10.1. The lowest BCUT2D eigenvalue weighted by molar-refractivity contribution is 0.0219. The first kappa shape index (κ1) is 28.1. The topological polar surface area (TPSA) is 85.6 Å². The Morgan fingerprint density at radius 3 is 1.93 bits per heavy atom. The van der Waals surface area contributed by atoms with E-state index in [0.29, 0.717) is 17.9 Å². The first-order valence-electron chi connectivity index (χ1n) is 14.2. The highest BCUT2D eigenvalue weighted by Gasteiger charge is 2.22. The number of rotatable bonds is 11. The maximum Gasteiger partial charge on any atom is 0.338 e. The SMILES string of the molecule is O=C(OC(CNc1cc(=O)n(Cc2ccccc2)c(=O)n1Cc1ccccc1)CN1CCCCC1)c1ccccc1. The second-order valence-electron chi connectivity index (χ2n) is 10.4. The largest absolute Gasteiger partial charge is 0.456 e. The van der Waals surface area contributed by atoms with Crippen molar-refractivity contribution in [2.75, 3.05) is 31.5 Å². The molecule has 0 spiro atoms. The predicted molar refractivity (Wildman–Crippen MR) is 160 cm³/mol. The van der Waals surface area contributed by atoms with E-state index in [2.05, 4.69) is 10.2 Å². The molecule has 0 radical (unpaired) electrons. The average Bonchev–Trinajstić information content (AvgIpc) is 3.01. The molecule has 1 atom stereocenters. The maximum absolute atomic E-state index is 13.7. The van der Waals surface area contributed by atoms with Crippen molar-refractivity contribution in [3.63, 3.8) is 0 Å². The highest BCUT2D eigenvalue weighted by Crippen LogP contribution is 2.14. The number of hydrogen-bond donors (Lipinski definition) is 1. The van der Waals surface area contributed by atoms with E-state index in [0.717, 1.165) is 37.1 Å². The third kappa shape index (κ3) is 7.61. The van der Waals surface area contributed by atoms with Gasteiger partial charge in [-0.25, -0.2) is 9.59 Å². The first-order chi connectivity index (χ1) is 20.1. The van der Waals surface area contributed by atoms with E-state index in [4.69, 9.17) is 4.74 Å². The van der Waals surface area contributed by atoms with Crippen LogP contribution in [0.25, 0.3) is 0 Å². The van der Waals surface area contributed by atoms with Crippen molar-refractivity contribution in [1.82, 2.24) is 14.0 Å². The Labute approximate surface area is 239 Å². The number of nitrogens with zero attached hydrogens (tertiary/aromatic N) is 3. The van der Waals surface area contributed by atoms with Crippen LogP contribution in [0.5, 0.6) is 0 Å². The second kappa shape index (κ2) is 13.8. The van der Waals surface area contributed by atoms with E-state index in [1.807, 2.05) is 66.7 Å². The molecule has 1 aliphatic rings. The van der Waals surface area contributed by atoms with E-state index in [1.165, 1.54) is 17.1 Å². The van der Waals surface area contributed by atoms with Crippen LogP contribution >= 0.6 is 0 Å². The smallest absolute Gasteiger partial charge is 0.338 e. The average molecular weight is 553 g/mol. The molecule has 0 bridgehead atoms. The molecule has 1 aliphatic heterocycles. The van der Waals surface area contributed by atoms with Crippen LogP contribution in [0.1, 0.15) is 40.7 Å². The molecule has 1 unspecified atom stereocenters. The van der Waals surface area contributed by atoms with E-state index < -0.39 is 17.8 Å². The van der Waals surface area contributed by atoms with E-state index in [1.54, 1.807) is 28.8 Å². The summed E-state index contributed by atoms with van der Waals surface area (Å²) in [6, 6.07) is 29.5. The van der Waals surface area contributed by atoms with Crippen molar-refractivity contribution in [3.05, 3.63) is 135 Å². The minimum Gasteiger partial charge on any atom is -0.456 e. The number of anilines is 1. The molecule has 0 amide bonds. The normalized spacial score (nSPS) is 14.3. The zero-order valence-electron chi connectivity index (χ0n) is 23.2. The van der Waals surface area contributed by atoms with Gasteiger partial charge in [0.2, 0.25) is 0 Å². The van der Waals surface area contributed by atoms with Gasteiger partial charge in [0.15, 0.2) is 0 Å². The van der Waals surface area contributed by atoms with Crippen LogP contribution in [0.2, 0.25) is 0 Å². The van der Waals surface area contributed by atoms with Crippen LogP contribution in [0.15, 0.2) is 107 Å². The zero-order valence-corrected chi connectivity index (χ0v) is 23.2. The highest BCUT2D eigenvalue weighted by molar-refractivity contribution is 5.89. The molecule has 0 aliphatic carbocycles. The lowest BCUT2D eigenvalue weighted by Crippen LogP contribution is -2.43. The van der Waals surface area contributed by atoms with E-state index in [9.17, 15) is 14.4 Å². The van der Waals surface area contributed by atoms with Gasteiger partial charge in [-0.05, 0) is 49.2 Å². The number of benzene rings is 3. The Morgan fingerprint density at radius 2 is 1.32 bits per heavy atom. The Balaban J connectivity index is 1.42. The summed E-state index contributed by atoms with van der Waals surface area (Å²) < 4.78 is 8.80. The molecule has 1 saturated heterocycles. The minimum atomic E-state index is -0.479. The van der Waals surface area contributed by atoms with Gasteiger partial charge in [0.25, 0.3) is 5.56 Å². The molecule has 8 nitrogen and oxygen atoms in total. The van der Waals surface area contributed by atoms with Crippen molar-refractivity contribution in [2.24, 2.45) is 0 Å². The highest BCUT2D eigenvalue weighted by atomic mass is 16.5. The molecule has 3 aromatic carbocycles. The van der Waals surface area contributed by atoms with Gasteiger partial charge in [0.1, 0.15) is 11.9 Å². The number of carbonyl (C=O) groups excluding carboxylic acids is 1. The second-order valence-corrected chi connectivity index (χ2v) is 10.4. The number of aromatic nitrogens is 2. The molecule has 5 rings (SSSR count). The van der Waals surface area contributed by atoms with Gasteiger partial charge in [-0.3, -0.25) is 18.8 Å². The summed E-state index contributed by atoms with van der Waals surface area (Å²) in [5.41, 5.74) is 1.50. The molecule has 0 saturated carbocycles. The van der Waals surface area contributed by atoms with Gasteiger partial charge in [-0.15, -0.1) is 0 Å². The standard InChI is InChI=1S/C33H36N4O4/c38-31-21-30(34-22-29(25-35-19-11-4-12-20-35)41-32(39)28-17-9-3-10-18-28)36(23-26-13-5-1-6-14-26)33(40)37(31)24-27-15-7-2-8-16-27/h1-3,5-10,13-18,21,29,34H,4,11-12,19-20,22-25H2. The third-order valence-corrected chi connectivity index (χ3v) is 7.35. The molecule has 1 N–H and O–H groups in total. The fraction of sp³-hybridized carbons (Fsp3) is 0.303. The number of esters is 1. The van der Waals surface area contributed by atoms with Crippen molar-refractivity contribution in [3.8, 4) is 0 Å². The minimum absolute atomic E-state index is 0.180. The van der Waals surface area contributed by atoms with Gasteiger partial charge in [0.05, 0.1) is 25.2 Å². The molecule has 1 aromatic heterocycles. The van der Waals surface area contributed by atoms with Gasteiger partial charge >= 0.3 is 11.7 Å². The van der Waals surface area contributed by atoms with Crippen LogP contribution in [0.3, 0.4) is 0 Å². The van der Waals surface area contributed by atoms with Crippen LogP contribution in [-0.4, -0.2) is 52.3 Å². The number of nitrogens with one attached hydrogen (secondary N) is 1. The Kier molecular flexibility index (Phi) is 9.44. The Hall–Kier alpha value is -4.43. The van der Waals surface area contributed by atoms with Gasteiger partial charge in [-0.1, -0.05) is 85.3 Å². The molecular weight excluding hydrogens is 516 g/mol. The summed E-state index contributed by atoms with van der Waals surface area (Å²) >= 11 is 0. The fourth-order valence-electron chi connectivity index (χ4n) is 5.18. The summed E-state index contributed by atoms with van der Waals surface area (Å²) in [7, 11) is 0. The third-order valence-electron chi connectivity index (χ3n) is 7.35. The number of piperidine rings is 1. The Morgan fingerprint density at radius 1 is 0.756 bits per heavy atom. The lowest BCUT2D eigenvalue weighted by Gasteiger charge is -2.30. The van der Waals surface area contributed by atoms with Crippen LogP contribution in [0.4, 0.5) is 5.82 Å². The monoisotopic (exact) mass is 552 g/mol. The quantitative estimate of drug-likeness (QED) is 0.281. The van der Waals surface area contributed by atoms with Crippen molar-refractivity contribution in [1.29, 1.82) is 0 Å². The van der Waals surface area contributed by atoms with Gasteiger partial charge in [-0.2, -0.15) is 0 Å². The summed E-state index contributed by atoms with van der Waals surface area (Å²) in [4.78, 5) is 42.2. The number of carbonyl (C=O) groups is 1. The molecule has 2 heterocycles.